The standard InChI is InChI=1S/C56H34/c1-3-13-35(14-4-1)53-41-19-9-7-17-39(41)33-51-43(21-11-23-47(51)53)45-29-25-37-28-32-50-46(30-26-38-27-31-49(45)55(37)56(38)50)44-22-12-24-48-52(44)34-40-18-8-10-20-42(40)54(48)36-15-5-2-6-16-36/h1-34H. The highest BCUT2D eigenvalue weighted by Gasteiger charge is 2.19. The van der Waals surface area contributed by atoms with Gasteiger partial charge >= 0.3 is 0 Å². The molecular weight excluding hydrogens is 673 g/mol. The summed E-state index contributed by atoms with van der Waals surface area (Å²) in [6.45, 7) is 0. The molecule has 0 aliphatic carbocycles. The van der Waals surface area contributed by atoms with E-state index < -0.39 is 0 Å². The molecule has 0 heterocycles. The number of rotatable bonds is 4. The predicted molar refractivity (Wildman–Crippen MR) is 242 cm³/mol. The maximum absolute atomic E-state index is 2.40. The summed E-state index contributed by atoms with van der Waals surface area (Å²) >= 11 is 0. The van der Waals surface area contributed by atoms with Gasteiger partial charge in [0.25, 0.3) is 0 Å². The van der Waals surface area contributed by atoms with Gasteiger partial charge in [-0.1, -0.05) is 194 Å². The second kappa shape index (κ2) is 12.1. The van der Waals surface area contributed by atoms with E-state index in [0.29, 0.717) is 0 Å². The van der Waals surface area contributed by atoms with Crippen LogP contribution in [0, 0.1) is 0 Å². The third kappa shape index (κ3) is 4.54. The molecule has 0 bridgehead atoms. The Morgan fingerprint density at radius 1 is 0.196 bits per heavy atom. The normalized spacial score (nSPS) is 11.9. The van der Waals surface area contributed by atoms with Crippen molar-refractivity contribution in [3.8, 4) is 44.5 Å². The SMILES string of the molecule is c1ccc(-c2c3ccccc3cc3c(-c4ccc5ccc6c(-c7cccc8c(-c9ccccc9)c9ccccc9cc78)ccc7ccc4c5c76)cccc23)cc1. The predicted octanol–water partition coefficient (Wildman–Crippen LogP) is 15.9. The van der Waals surface area contributed by atoms with E-state index in [1.165, 1.54) is 120 Å². The van der Waals surface area contributed by atoms with Crippen LogP contribution in [0.3, 0.4) is 0 Å². The molecule has 12 rings (SSSR count). The van der Waals surface area contributed by atoms with Gasteiger partial charge in [-0.3, -0.25) is 0 Å². The van der Waals surface area contributed by atoms with Gasteiger partial charge < -0.3 is 0 Å². The molecule has 0 unspecified atom stereocenters. The second-order valence-corrected chi connectivity index (χ2v) is 15.1. The van der Waals surface area contributed by atoms with Gasteiger partial charge in [-0.2, -0.15) is 0 Å². The zero-order valence-electron chi connectivity index (χ0n) is 30.6. The van der Waals surface area contributed by atoms with Crippen molar-refractivity contribution in [3.63, 3.8) is 0 Å². The van der Waals surface area contributed by atoms with E-state index in [9.17, 15) is 0 Å². The maximum Gasteiger partial charge on any atom is -0.00203 e. The summed E-state index contributed by atoms with van der Waals surface area (Å²) in [4.78, 5) is 0. The molecule has 0 aliphatic heterocycles. The van der Waals surface area contributed by atoms with Crippen molar-refractivity contribution in [1.29, 1.82) is 0 Å². The van der Waals surface area contributed by atoms with Crippen molar-refractivity contribution in [2.45, 2.75) is 0 Å². The molecule has 12 aromatic carbocycles. The zero-order chi connectivity index (χ0) is 36.7. The molecule has 12 aromatic rings. The van der Waals surface area contributed by atoms with Crippen LogP contribution in [0.4, 0.5) is 0 Å². The van der Waals surface area contributed by atoms with Crippen LogP contribution in [-0.4, -0.2) is 0 Å². The Balaban J connectivity index is 1.13. The van der Waals surface area contributed by atoms with E-state index in [1.807, 2.05) is 0 Å². The van der Waals surface area contributed by atoms with Gasteiger partial charge in [0, 0.05) is 0 Å². The van der Waals surface area contributed by atoms with Gasteiger partial charge in [0.2, 0.25) is 0 Å². The highest BCUT2D eigenvalue weighted by Crippen LogP contribution is 2.47. The molecule has 0 aromatic heterocycles. The van der Waals surface area contributed by atoms with Crippen molar-refractivity contribution >= 4 is 75.4 Å². The van der Waals surface area contributed by atoms with Gasteiger partial charge in [-0.15, -0.1) is 0 Å². The first-order chi connectivity index (χ1) is 27.8. The third-order valence-corrected chi connectivity index (χ3v) is 12.2. The average Bonchev–Trinajstić information content (AvgIpc) is 3.26. The molecule has 0 N–H and O–H groups in total. The lowest BCUT2D eigenvalue weighted by Crippen LogP contribution is -1.92. The van der Waals surface area contributed by atoms with E-state index in [0.717, 1.165) is 0 Å². The molecule has 0 amide bonds. The summed E-state index contributed by atoms with van der Waals surface area (Å²) < 4.78 is 0. The highest BCUT2D eigenvalue weighted by atomic mass is 14.2. The number of hydrogen-bond acceptors (Lipinski definition) is 0. The van der Waals surface area contributed by atoms with Crippen molar-refractivity contribution < 1.29 is 0 Å². The number of fused-ring (bicyclic) bond motifs is 4. The van der Waals surface area contributed by atoms with E-state index in [2.05, 4.69) is 206 Å². The Kier molecular flexibility index (Phi) is 6.73. The van der Waals surface area contributed by atoms with Gasteiger partial charge in [-0.25, -0.2) is 0 Å². The van der Waals surface area contributed by atoms with Crippen molar-refractivity contribution in [2.24, 2.45) is 0 Å². The minimum absolute atomic E-state index is 1.24. The largest absolute Gasteiger partial charge is 0.0622 e. The van der Waals surface area contributed by atoms with E-state index in [1.54, 1.807) is 0 Å². The lowest BCUT2D eigenvalue weighted by atomic mass is 9.84. The number of benzene rings is 12. The van der Waals surface area contributed by atoms with Crippen LogP contribution in [0.1, 0.15) is 0 Å². The fraction of sp³-hybridized carbons (Fsp3) is 0. The fourth-order valence-corrected chi connectivity index (χ4v) is 9.75. The Hall–Kier alpha value is -7.28. The van der Waals surface area contributed by atoms with Gasteiger partial charge in [0.05, 0.1) is 0 Å². The minimum Gasteiger partial charge on any atom is -0.0622 e. The van der Waals surface area contributed by atoms with Gasteiger partial charge in [0.15, 0.2) is 0 Å². The van der Waals surface area contributed by atoms with Crippen LogP contribution in [0.2, 0.25) is 0 Å². The summed E-state index contributed by atoms with van der Waals surface area (Å²) in [5, 5.41) is 18.0. The summed E-state index contributed by atoms with van der Waals surface area (Å²) in [5.41, 5.74) is 10.1. The molecular formula is C56H34. The molecule has 258 valence electrons. The topological polar surface area (TPSA) is 0 Å². The monoisotopic (exact) mass is 706 g/mol. The van der Waals surface area contributed by atoms with Crippen LogP contribution >= 0.6 is 0 Å². The van der Waals surface area contributed by atoms with Crippen LogP contribution in [0.15, 0.2) is 206 Å². The molecule has 0 saturated carbocycles. The molecule has 0 saturated heterocycles. The molecule has 0 heteroatoms. The fourth-order valence-electron chi connectivity index (χ4n) is 9.75. The van der Waals surface area contributed by atoms with Crippen molar-refractivity contribution in [3.05, 3.63) is 206 Å². The van der Waals surface area contributed by atoms with E-state index in [-0.39, 0.29) is 0 Å². The lowest BCUT2D eigenvalue weighted by molar-refractivity contribution is 1.66. The highest BCUT2D eigenvalue weighted by molar-refractivity contribution is 6.29. The van der Waals surface area contributed by atoms with Crippen molar-refractivity contribution in [2.75, 3.05) is 0 Å². The third-order valence-electron chi connectivity index (χ3n) is 12.2. The molecule has 0 atom stereocenters. The Morgan fingerprint density at radius 2 is 0.571 bits per heavy atom. The van der Waals surface area contributed by atoms with Crippen LogP contribution < -0.4 is 0 Å². The quantitative estimate of drug-likeness (QED) is 0.126. The Labute approximate surface area is 324 Å². The maximum atomic E-state index is 2.40. The smallest absolute Gasteiger partial charge is 0.00203 e. The van der Waals surface area contributed by atoms with Crippen LogP contribution in [0.5, 0.6) is 0 Å². The number of hydrogen-bond donors (Lipinski definition) is 0. The Bertz CT molecular complexity index is 3270. The summed E-state index contributed by atoms with van der Waals surface area (Å²) in [6.07, 6.45) is 0. The van der Waals surface area contributed by atoms with Gasteiger partial charge in [0.1, 0.15) is 0 Å². The second-order valence-electron chi connectivity index (χ2n) is 15.1. The van der Waals surface area contributed by atoms with Crippen molar-refractivity contribution in [1.82, 2.24) is 0 Å². The molecule has 0 spiro atoms. The zero-order valence-corrected chi connectivity index (χ0v) is 30.6. The Morgan fingerprint density at radius 3 is 1.04 bits per heavy atom. The van der Waals surface area contributed by atoms with Gasteiger partial charge in [-0.05, 0) is 132 Å². The first-order valence-electron chi connectivity index (χ1n) is 19.5. The first kappa shape index (κ1) is 31.1. The summed E-state index contributed by atoms with van der Waals surface area (Å²) in [7, 11) is 0. The van der Waals surface area contributed by atoms with Crippen LogP contribution in [0.25, 0.3) is 120 Å². The molecule has 56 heavy (non-hydrogen) atoms. The average molecular weight is 707 g/mol. The van der Waals surface area contributed by atoms with Crippen LogP contribution in [-0.2, 0) is 0 Å². The molecule has 0 aliphatic rings. The molecule has 0 radical (unpaired) electrons. The lowest BCUT2D eigenvalue weighted by Gasteiger charge is -2.19. The first-order valence-corrected chi connectivity index (χ1v) is 19.5. The van der Waals surface area contributed by atoms with E-state index >= 15 is 0 Å². The van der Waals surface area contributed by atoms with E-state index in [4.69, 9.17) is 0 Å². The summed E-state index contributed by atoms with van der Waals surface area (Å²) in [5.74, 6) is 0. The molecule has 0 fully saturated rings. The molecule has 0 nitrogen and oxygen atoms in total. The summed E-state index contributed by atoms with van der Waals surface area (Å²) in [6, 6.07) is 76.6. The minimum atomic E-state index is 1.24.